The van der Waals surface area contributed by atoms with E-state index in [0.717, 1.165) is 5.56 Å². The summed E-state index contributed by atoms with van der Waals surface area (Å²) in [5.41, 5.74) is 0.261. The van der Waals surface area contributed by atoms with Gasteiger partial charge in [-0.25, -0.2) is 9.18 Å². The van der Waals surface area contributed by atoms with Crippen molar-refractivity contribution in [1.29, 1.82) is 0 Å². The lowest BCUT2D eigenvalue weighted by Gasteiger charge is -2.24. The fraction of sp³-hybridized carbons (Fsp3) is 0.533. The standard InChI is InChI=1S/C15H22ClFN2O2/c1-15(2,3)21-14(20)19(4)6-5-18-10-11-7-12(16)9-13(17)8-11/h7-9,18H,5-6,10H2,1-4H3. The van der Waals surface area contributed by atoms with E-state index in [1.54, 1.807) is 13.1 Å². The van der Waals surface area contributed by atoms with Crippen molar-refractivity contribution in [2.24, 2.45) is 0 Å². The lowest BCUT2D eigenvalue weighted by molar-refractivity contribution is 0.0300. The van der Waals surface area contributed by atoms with Crippen LogP contribution in [0.1, 0.15) is 26.3 Å². The molecule has 0 spiro atoms. The Balaban J connectivity index is 2.32. The zero-order chi connectivity index (χ0) is 16.0. The predicted octanol–water partition coefficient (Wildman–Crippen LogP) is 3.44. The molecule has 0 fully saturated rings. The molecule has 0 bridgehead atoms. The SMILES string of the molecule is CN(CCNCc1cc(F)cc(Cl)c1)C(=O)OC(C)(C)C. The van der Waals surface area contributed by atoms with E-state index in [0.29, 0.717) is 24.7 Å². The second kappa shape index (κ2) is 7.61. The number of nitrogens with one attached hydrogen (secondary N) is 1. The zero-order valence-electron chi connectivity index (χ0n) is 12.9. The highest BCUT2D eigenvalue weighted by Gasteiger charge is 2.18. The average Bonchev–Trinajstić information content (AvgIpc) is 2.31. The first kappa shape index (κ1) is 17.7. The topological polar surface area (TPSA) is 41.6 Å². The normalized spacial score (nSPS) is 11.3. The molecular weight excluding hydrogens is 295 g/mol. The number of nitrogens with zero attached hydrogens (tertiary/aromatic N) is 1. The van der Waals surface area contributed by atoms with Crippen LogP contribution in [0.2, 0.25) is 5.02 Å². The molecule has 0 atom stereocenters. The van der Waals surface area contributed by atoms with Crippen LogP contribution >= 0.6 is 11.6 Å². The number of carbonyl (C=O) groups is 1. The van der Waals surface area contributed by atoms with Crippen LogP contribution in [0.3, 0.4) is 0 Å². The highest BCUT2D eigenvalue weighted by atomic mass is 35.5. The van der Waals surface area contributed by atoms with Crippen molar-refractivity contribution in [1.82, 2.24) is 10.2 Å². The summed E-state index contributed by atoms with van der Waals surface area (Å²) in [6.07, 6.45) is -0.363. The molecule has 0 aromatic heterocycles. The summed E-state index contributed by atoms with van der Waals surface area (Å²) >= 11 is 5.78. The number of benzene rings is 1. The van der Waals surface area contributed by atoms with Gasteiger partial charge >= 0.3 is 6.09 Å². The fourth-order valence-corrected chi connectivity index (χ4v) is 1.87. The highest BCUT2D eigenvalue weighted by molar-refractivity contribution is 6.30. The number of hydrogen-bond donors (Lipinski definition) is 1. The Bertz CT molecular complexity index is 469. The van der Waals surface area contributed by atoms with E-state index in [2.05, 4.69) is 5.32 Å². The van der Waals surface area contributed by atoms with Crippen LogP contribution in [0.25, 0.3) is 0 Å². The van der Waals surface area contributed by atoms with Crippen LogP contribution in [-0.4, -0.2) is 36.7 Å². The lowest BCUT2D eigenvalue weighted by Crippen LogP contribution is -2.37. The van der Waals surface area contributed by atoms with Crippen molar-refractivity contribution < 1.29 is 13.9 Å². The van der Waals surface area contributed by atoms with E-state index in [4.69, 9.17) is 16.3 Å². The van der Waals surface area contributed by atoms with Gasteiger partial charge in [-0.15, -0.1) is 0 Å². The summed E-state index contributed by atoms with van der Waals surface area (Å²) in [6, 6.07) is 4.40. The minimum atomic E-state index is -0.503. The van der Waals surface area contributed by atoms with Crippen molar-refractivity contribution in [3.63, 3.8) is 0 Å². The Morgan fingerprint density at radius 2 is 2.05 bits per heavy atom. The molecule has 6 heteroatoms. The molecule has 1 N–H and O–H groups in total. The molecule has 0 radical (unpaired) electrons. The maximum absolute atomic E-state index is 13.1. The molecule has 118 valence electrons. The molecule has 1 aromatic carbocycles. The number of rotatable bonds is 5. The third-order valence-electron chi connectivity index (χ3n) is 2.58. The van der Waals surface area contributed by atoms with Crippen LogP contribution in [0.15, 0.2) is 18.2 Å². The van der Waals surface area contributed by atoms with E-state index in [-0.39, 0.29) is 11.9 Å². The summed E-state index contributed by atoms with van der Waals surface area (Å²) in [5.74, 6) is -0.356. The average molecular weight is 317 g/mol. The van der Waals surface area contributed by atoms with Gasteiger partial charge in [-0.1, -0.05) is 11.6 Å². The van der Waals surface area contributed by atoms with Gasteiger partial charge in [0.2, 0.25) is 0 Å². The third kappa shape index (κ3) is 7.29. The van der Waals surface area contributed by atoms with Gasteiger partial charge in [-0.05, 0) is 44.5 Å². The summed E-state index contributed by atoms with van der Waals surface area (Å²) in [7, 11) is 1.68. The molecular formula is C15H22ClFN2O2. The molecule has 21 heavy (non-hydrogen) atoms. The smallest absolute Gasteiger partial charge is 0.410 e. The Hall–Kier alpha value is -1.33. The van der Waals surface area contributed by atoms with Crippen molar-refractivity contribution >= 4 is 17.7 Å². The van der Waals surface area contributed by atoms with Gasteiger partial charge in [-0.3, -0.25) is 0 Å². The van der Waals surface area contributed by atoms with Crippen LogP contribution in [0, 0.1) is 5.82 Å². The molecule has 0 saturated heterocycles. The van der Waals surface area contributed by atoms with Gasteiger partial charge in [0.05, 0.1) is 0 Å². The van der Waals surface area contributed by atoms with Crippen molar-refractivity contribution in [3.8, 4) is 0 Å². The molecule has 0 aliphatic rings. The molecule has 0 heterocycles. The quantitative estimate of drug-likeness (QED) is 0.846. The van der Waals surface area contributed by atoms with E-state index >= 15 is 0 Å². The Kier molecular flexibility index (Phi) is 6.42. The monoisotopic (exact) mass is 316 g/mol. The second-order valence-corrected chi connectivity index (χ2v) is 6.29. The van der Waals surface area contributed by atoms with E-state index in [1.165, 1.54) is 17.0 Å². The maximum Gasteiger partial charge on any atom is 0.410 e. The van der Waals surface area contributed by atoms with Crippen LogP contribution < -0.4 is 5.32 Å². The number of ether oxygens (including phenoxy) is 1. The third-order valence-corrected chi connectivity index (χ3v) is 2.80. The molecule has 1 amide bonds. The van der Waals surface area contributed by atoms with Gasteiger partial charge in [0.15, 0.2) is 0 Å². The first-order valence-corrected chi connectivity index (χ1v) is 7.15. The number of carbonyl (C=O) groups excluding carboxylic acids is 1. The van der Waals surface area contributed by atoms with Gasteiger partial charge in [0, 0.05) is 31.7 Å². The second-order valence-electron chi connectivity index (χ2n) is 5.86. The molecule has 1 aromatic rings. The number of amides is 1. The summed E-state index contributed by atoms with van der Waals surface area (Å²) in [4.78, 5) is 13.2. The van der Waals surface area contributed by atoms with E-state index in [1.807, 2.05) is 20.8 Å². The molecule has 0 aliphatic heterocycles. The first-order valence-electron chi connectivity index (χ1n) is 6.77. The predicted molar refractivity (Wildman–Crippen MR) is 82.0 cm³/mol. The van der Waals surface area contributed by atoms with E-state index < -0.39 is 5.60 Å². The Morgan fingerprint density at radius 3 is 2.62 bits per heavy atom. The van der Waals surface area contributed by atoms with Crippen LogP contribution in [-0.2, 0) is 11.3 Å². The minimum absolute atomic E-state index is 0.356. The van der Waals surface area contributed by atoms with Gasteiger partial charge < -0.3 is 15.0 Å². The lowest BCUT2D eigenvalue weighted by atomic mass is 10.2. The largest absolute Gasteiger partial charge is 0.444 e. The number of halogens is 2. The van der Waals surface area contributed by atoms with Gasteiger partial charge in [-0.2, -0.15) is 0 Å². The number of likely N-dealkylation sites (N-methyl/N-ethyl adjacent to an activating group) is 1. The molecule has 0 unspecified atom stereocenters. The Labute approximate surface area is 130 Å². The fourth-order valence-electron chi connectivity index (χ4n) is 1.62. The number of hydrogen-bond acceptors (Lipinski definition) is 3. The van der Waals surface area contributed by atoms with Crippen LogP contribution in [0.4, 0.5) is 9.18 Å². The molecule has 0 saturated carbocycles. The maximum atomic E-state index is 13.1. The summed E-state index contributed by atoms with van der Waals surface area (Å²) in [5, 5.41) is 3.50. The molecule has 4 nitrogen and oxygen atoms in total. The summed E-state index contributed by atoms with van der Waals surface area (Å²) in [6.45, 7) is 7.03. The summed E-state index contributed by atoms with van der Waals surface area (Å²) < 4.78 is 18.4. The Morgan fingerprint density at radius 1 is 1.38 bits per heavy atom. The van der Waals surface area contributed by atoms with Crippen LogP contribution in [0.5, 0.6) is 0 Å². The van der Waals surface area contributed by atoms with Crippen molar-refractivity contribution in [3.05, 3.63) is 34.6 Å². The van der Waals surface area contributed by atoms with Gasteiger partial charge in [0.25, 0.3) is 0 Å². The van der Waals surface area contributed by atoms with Crippen molar-refractivity contribution in [2.75, 3.05) is 20.1 Å². The minimum Gasteiger partial charge on any atom is -0.444 e. The molecule has 0 aliphatic carbocycles. The highest BCUT2D eigenvalue weighted by Crippen LogP contribution is 2.13. The molecule has 1 rings (SSSR count). The van der Waals surface area contributed by atoms with Gasteiger partial charge in [0.1, 0.15) is 11.4 Å². The van der Waals surface area contributed by atoms with E-state index in [9.17, 15) is 9.18 Å². The zero-order valence-corrected chi connectivity index (χ0v) is 13.6. The van der Waals surface area contributed by atoms with Crippen molar-refractivity contribution in [2.45, 2.75) is 32.9 Å². The first-order chi connectivity index (χ1) is 9.67.